The molecule has 0 amide bonds. The van der Waals surface area contributed by atoms with Crippen molar-refractivity contribution in [1.29, 1.82) is 0 Å². The van der Waals surface area contributed by atoms with E-state index in [0.29, 0.717) is 16.7 Å². The lowest BCUT2D eigenvalue weighted by molar-refractivity contribution is 0.527. The summed E-state index contributed by atoms with van der Waals surface area (Å²) >= 11 is 7.67. The summed E-state index contributed by atoms with van der Waals surface area (Å²) in [6, 6.07) is 11.5. The predicted molar refractivity (Wildman–Crippen MR) is 87.5 cm³/mol. The fourth-order valence-corrected chi connectivity index (χ4v) is 2.94. The molecule has 1 aromatic carbocycles. The first-order valence-corrected chi connectivity index (χ1v) is 7.96. The number of benzene rings is 1. The first-order chi connectivity index (χ1) is 10.7. The zero-order valence-corrected chi connectivity index (χ0v) is 13.4. The Morgan fingerprint density at radius 3 is 2.95 bits per heavy atom. The number of halogens is 1. The van der Waals surface area contributed by atoms with Crippen LogP contribution in [0.2, 0.25) is 5.02 Å². The van der Waals surface area contributed by atoms with Crippen LogP contribution in [0.15, 0.2) is 57.4 Å². The summed E-state index contributed by atoms with van der Waals surface area (Å²) in [5, 5.41) is 13.7. The molecule has 2 aromatic heterocycles. The number of rotatable bonds is 5. The van der Waals surface area contributed by atoms with Gasteiger partial charge in [-0.1, -0.05) is 41.6 Å². The molecule has 0 spiro atoms. The maximum atomic E-state index is 6.15. The Morgan fingerprint density at radius 1 is 1.32 bits per heavy atom. The minimum atomic E-state index is 0.688. The molecule has 0 saturated heterocycles. The van der Waals surface area contributed by atoms with Gasteiger partial charge in [0.2, 0.25) is 5.16 Å². The fraction of sp³-hybridized carbons (Fsp3) is 0.133. The molecule has 5 nitrogen and oxygen atoms in total. The van der Waals surface area contributed by atoms with Crippen LogP contribution >= 0.6 is 23.4 Å². The van der Waals surface area contributed by atoms with Gasteiger partial charge in [0, 0.05) is 10.8 Å². The van der Waals surface area contributed by atoms with E-state index in [1.165, 1.54) is 11.8 Å². The quantitative estimate of drug-likeness (QED) is 0.523. The second kappa shape index (κ2) is 6.81. The third kappa shape index (κ3) is 3.58. The molecule has 112 valence electrons. The van der Waals surface area contributed by atoms with Gasteiger partial charge >= 0.3 is 0 Å². The Bertz CT molecular complexity index is 796. The normalized spacial score (nSPS) is 11.4. The highest BCUT2D eigenvalue weighted by atomic mass is 35.5. The second-order valence-corrected chi connectivity index (χ2v) is 5.88. The predicted octanol–water partition coefficient (Wildman–Crippen LogP) is 4.01. The molecule has 0 atom stereocenters. The Balaban J connectivity index is 1.70. The number of furan rings is 1. The Labute approximate surface area is 137 Å². The number of aromatic nitrogens is 3. The highest BCUT2D eigenvalue weighted by molar-refractivity contribution is 7.98. The average Bonchev–Trinajstić information content (AvgIpc) is 3.13. The van der Waals surface area contributed by atoms with Crippen molar-refractivity contribution in [3.63, 3.8) is 0 Å². The number of aryl methyl sites for hydroxylation is 1. The molecule has 0 radical (unpaired) electrons. The van der Waals surface area contributed by atoms with Gasteiger partial charge in [0.05, 0.1) is 6.21 Å². The summed E-state index contributed by atoms with van der Waals surface area (Å²) in [5.41, 5.74) is 1.05. The fourth-order valence-electron chi connectivity index (χ4n) is 1.79. The van der Waals surface area contributed by atoms with Crippen LogP contribution in [0.4, 0.5) is 0 Å². The average molecular weight is 333 g/mol. The minimum absolute atomic E-state index is 0.688. The molecule has 0 aliphatic heterocycles. The lowest BCUT2D eigenvalue weighted by atomic mass is 10.2. The van der Waals surface area contributed by atoms with E-state index in [4.69, 9.17) is 16.0 Å². The number of nitrogens with zero attached hydrogens (tertiary/aromatic N) is 4. The van der Waals surface area contributed by atoms with E-state index in [9.17, 15) is 0 Å². The zero-order chi connectivity index (χ0) is 15.4. The summed E-state index contributed by atoms with van der Waals surface area (Å²) in [6.07, 6.45) is 3.19. The van der Waals surface area contributed by atoms with Gasteiger partial charge in [-0.3, -0.25) is 0 Å². The smallest absolute Gasteiger partial charge is 0.212 e. The molecular formula is C15H13ClN4OS. The summed E-state index contributed by atoms with van der Waals surface area (Å²) in [7, 11) is 0. The number of hydrogen-bond acceptors (Lipinski definition) is 5. The van der Waals surface area contributed by atoms with Gasteiger partial charge in [0.15, 0.2) is 0 Å². The molecular weight excluding hydrogens is 320 g/mol. The van der Waals surface area contributed by atoms with Crippen LogP contribution in [0, 0.1) is 6.92 Å². The minimum Gasteiger partial charge on any atom is -0.460 e. The van der Waals surface area contributed by atoms with E-state index >= 15 is 0 Å². The van der Waals surface area contributed by atoms with E-state index in [2.05, 4.69) is 15.3 Å². The van der Waals surface area contributed by atoms with Crippen molar-refractivity contribution in [2.45, 2.75) is 17.8 Å². The zero-order valence-electron chi connectivity index (χ0n) is 11.8. The van der Waals surface area contributed by atoms with Crippen LogP contribution in [-0.2, 0) is 5.75 Å². The van der Waals surface area contributed by atoms with Crippen molar-refractivity contribution in [3.8, 4) is 0 Å². The maximum Gasteiger partial charge on any atom is 0.212 e. The largest absolute Gasteiger partial charge is 0.460 e. The van der Waals surface area contributed by atoms with E-state index < -0.39 is 0 Å². The van der Waals surface area contributed by atoms with Gasteiger partial charge in [-0.25, -0.2) is 0 Å². The molecule has 0 bridgehead atoms. The molecule has 0 aliphatic carbocycles. The highest BCUT2D eigenvalue weighted by Crippen LogP contribution is 2.25. The van der Waals surface area contributed by atoms with Crippen LogP contribution < -0.4 is 0 Å². The number of thioether (sulfide) groups is 1. The molecule has 0 saturated carbocycles. The Kier molecular flexibility index (Phi) is 4.60. The van der Waals surface area contributed by atoms with E-state index in [-0.39, 0.29) is 0 Å². The summed E-state index contributed by atoms with van der Waals surface area (Å²) in [4.78, 5) is 0. The first-order valence-electron chi connectivity index (χ1n) is 6.59. The molecule has 0 fully saturated rings. The van der Waals surface area contributed by atoms with Gasteiger partial charge in [-0.05, 0) is 30.7 Å². The summed E-state index contributed by atoms with van der Waals surface area (Å²) in [6.45, 7) is 1.89. The van der Waals surface area contributed by atoms with Crippen molar-refractivity contribution in [1.82, 2.24) is 14.9 Å². The van der Waals surface area contributed by atoms with Crippen LogP contribution in [0.1, 0.15) is 17.1 Å². The van der Waals surface area contributed by atoms with E-state index in [1.807, 2.05) is 43.3 Å². The molecule has 0 unspecified atom stereocenters. The van der Waals surface area contributed by atoms with Crippen molar-refractivity contribution in [2.75, 3.05) is 0 Å². The third-order valence-corrected chi connectivity index (χ3v) is 4.24. The maximum absolute atomic E-state index is 6.15. The Hall–Kier alpha value is -2.05. The van der Waals surface area contributed by atoms with E-state index in [0.717, 1.165) is 16.3 Å². The highest BCUT2D eigenvalue weighted by Gasteiger charge is 2.06. The lowest BCUT2D eigenvalue weighted by Gasteiger charge is -2.03. The lowest BCUT2D eigenvalue weighted by Crippen LogP contribution is -1.92. The monoisotopic (exact) mass is 332 g/mol. The topological polar surface area (TPSA) is 56.2 Å². The van der Waals surface area contributed by atoms with Gasteiger partial charge in [-0.15, -0.1) is 10.2 Å². The SMILES string of the molecule is Cc1ccc(C=Nn2cnnc2SCc2ccccc2Cl)o1. The van der Waals surface area contributed by atoms with Crippen LogP contribution in [0.25, 0.3) is 0 Å². The molecule has 2 heterocycles. The molecule has 22 heavy (non-hydrogen) atoms. The van der Waals surface area contributed by atoms with Crippen molar-refractivity contribution in [2.24, 2.45) is 5.10 Å². The molecule has 0 aliphatic rings. The second-order valence-electron chi connectivity index (χ2n) is 4.53. The summed E-state index contributed by atoms with van der Waals surface area (Å²) < 4.78 is 7.05. The van der Waals surface area contributed by atoms with Crippen molar-refractivity contribution < 1.29 is 4.42 Å². The van der Waals surface area contributed by atoms with Gasteiger partial charge < -0.3 is 4.42 Å². The van der Waals surface area contributed by atoms with Gasteiger partial charge in [0.1, 0.15) is 17.8 Å². The van der Waals surface area contributed by atoms with Crippen molar-refractivity contribution in [3.05, 3.63) is 64.8 Å². The Morgan fingerprint density at radius 2 is 2.18 bits per heavy atom. The molecule has 3 rings (SSSR count). The van der Waals surface area contributed by atoms with Crippen LogP contribution in [0.3, 0.4) is 0 Å². The molecule has 3 aromatic rings. The molecule has 7 heteroatoms. The van der Waals surface area contributed by atoms with Crippen LogP contribution in [-0.4, -0.2) is 21.1 Å². The number of hydrogen-bond donors (Lipinski definition) is 0. The standard InChI is InChI=1S/C15H13ClN4OS/c1-11-6-7-13(21-11)8-18-20-10-17-19-15(20)22-9-12-4-2-3-5-14(12)16/h2-8,10H,9H2,1H3. The van der Waals surface area contributed by atoms with Gasteiger partial charge in [-0.2, -0.15) is 9.78 Å². The van der Waals surface area contributed by atoms with Crippen molar-refractivity contribution >= 4 is 29.6 Å². The third-order valence-electron chi connectivity index (χ3n) is 2.89. The van der Waals surface area contributed by atoms with E-state index in [1.54, 1.807) is 17.2 Å². The summed E-state index contributed by atoms with van der Waals surface area (Å²) in [5.74, 6) is 2.24. The molecule has 0 N–H and O–H groups in total. The first kappa shape index (κ1) is 14.9. The van der Waals surface area contributed by atoms with Gasteiger partial charge in [0.25, 0.3) is 0 Å². The van der Waals surface area contributed by atoms with Crippen LogP contribution in [0.5, 0.6) is 0 Å².